The van der Waals surface area contributed by atoms with Crippen LogP contribution in [0.1, 0.15) is 23.2 Å². The number of β-amino-alcohol motifs (C(OH)–C–C–N with tert-alkyl or cyclic N) is 1. The lowest BCUT2D eigenvalue weighted by Crippen LogP contribution is -2.40. The van der Waals surface area contributed by atoms with Gasteiger partial charge in [-0.05, 0) is 49.2 Å². The second kappa shape index (κ2) is 10.4. The Kier molecular flexibility index (Phi) is 8.14. The van der Waals surface area contributed by atoms with Gasteiger partial charge in [-0.25, -0.2) is 17.2 Å². The molecule has 1 aliphatic heterocycles. The van der Waals surface area contributed by atoms with E-state index in [1.165, 1.54) is 6.07 Å². The first-order valence-electron chi connectivity index (χ1n) is 9.99. The smallest absolute Gasteiger partial charge is 0.325 e. The van der Waals surface area contributed by atoms with Crippen molar-refractivity contribution in [3.63, 3.8) is 0 Å². The van der Waals surface area contributed by atoms with Crippen LogP contribution in [0.15, 0.2) is 41.3 Å². The number of nitrogens with zero attached hydrogens (tertiary/aromatic N) is 1. The molecule has 0 spiro atoms. The third-order valence-corrected chi connectivity index (χ3v) is 7.80. The number of aliphatic hydroxyl groups is 1. The topological polar surface area (TPSA) is 133 Å². The number of halogens is 3. The fourth-order valence-corrected chi connectivity index (χ4v) is 5.92. The van der Waals surface area contributed by atoms with E-state index in [2.05, 4.69) is 5.32 Å². The predicted octanol–water partition coefficient (Wildman–Crippen LogP) is 3.22. The molecule has 3 atom stereocenters. The van der Waals surface area contributed by atoms with E-state index in [9.17, 15) is 36.6 Å². The number of aliphatic hydroxyl groups excluding tert-OH is 1. The molecule has 0 aromatic heterocycles. The number of benzene rings is 2. The van der Waals surface area contributed by atoms with Gasteiger partial charge in [0.1, 0.15) is 16.5 Å². The van der Waals surface area contributed by atoms with Crippen molar-refractivity contribution in [1.29, 1.82) is 0 Å². The van der Waals surface area contributed by atoms with E-state index in [1.54, 1.807) is 0 Å². The normalized spacial score (nSPS) is 21.5. The predicted molar refractivity (Wildman–Crippen MR) is 120 cm³/mol. The van der Waals surface area contributed by atoms with Crippen molar-refractivity contribution in [2.75, 3.05) is 25.1 Å². The Bertz CT molecular complexity index is 1240. The molecule has 0 radical (unpaired) electrons. The molecule has 1 heterocycles. The third kappa shape index (κ3) is 6.60. The Hall–Kier alpha value is -1.92. The summed E-state index contributed by atoms with van der Waals surface area (Å²) in [6.45, 7) is 0.149. The van der Waals surface area contributed by atoms with Crippen molar-refractivity contribution in [2.24, 2.45) is 0 Å². The molecule has 1 fully saturated rings. The Balaban J connectivity index is 1.89. The van der Waals surface area contributed by atoms with E-state index in [0.717, 1.165) is 41.3 Å². The average Bonchev–Trinajstić information content (AvgIpc) is 2.91. The van der Waals surface area contributed by atoms with Crippen LogP contribution in [0.2, 0.25) is 5.02 Å². The van der Waals surface area contributed by atoms with Gasteiger partial charge < -0.3 is 19.8 Å². The first-order valence-corrected chi connectivity index (χ1v) is 13.8. The van der Waals surface area contributed by atoms with Crippen molar-refractivity contribution < 1.29 is 41.1 Å². The highest BCUT2D eigenvalue weighted by molar-refractivity contribution is 7.89. The van der Waals surface area contributed by atoms with Crippen molar-refractivity contribution in [1.82, 2.24) is 4.31 Å². The van der Waals surface area contributed by atoms with Crippen LogP contribution in [0.3, 0.4) is 0 Å². The second-order valence-electron chi connectivity index (χ2n) is 7.81. The maximum Gasteiger partial charge on any atom is 0.325 e. The molecule has 0 bridgehead atoms. The molecular formula is C20H22ClF2N2O7PS. The summed E-state index contributed by atoms with van der Waals surface area (Å²) in [7, 11) is -8.54. The lowest BCUT2D eigenvalue weighted by Gasteiger charge is -2.25. The molecule has 186 valence electrons. The van der Waals surface area contributed by atoms with Crippen LogP contribution in [0, 0.1) is 11.6 Å². The van der Waals surface area contributed by atoms with Gasteiger partial charge in [-0.1, -0.05) is 11.6 Å². The average molecular weight is 539 g/mol. The zero-order chi connectivity index (χ0) is 25.3. The first kappa shape index (κ1) is 26.7. The van der Waals surface area contributed by atoms with E-state index >= 15 is 0 Å². The molecule has 1 aliphatic rings. The number of carbonyl (C=O) groups is 1. The number of anilines is 1. The van der Waals surface area contributed by atoms with Gasteiger partial charge >= 0.3 is 7.60 Å². The van der Waals surface area contributed by atoms with E-state index in [1.807, 2.05) is 0 Å². The van der Waals surface area contributed by atoms with Crippen LogP contribution in [-0.4, -0.2) is 60.6 Å². The minimum Gasteiger partial charge on any atom is -0.392 e. The highest BCUT2D eigenvalue weighted by Gasteiger charge is 2.36. The van der Waals surface area contributed by atoms with Gasteiger partial charge in [0, 0.05) is 31.0 Å². The van der Waals surface area contributed by atoms with E-state index < -0.39 is 65.4 Å². The molecule has 1 amide bonds. The van der Waals surface area contributed by atoms with Gasteiger partial charge in [-0.3, -0.25) is 9.36 Å². The maximum atomic E-state index is 14.6. The fraction of sp³-hybridized carbons (Fsp3) is 0.350. The number of nitrogens with one attached hydrogen (secondary N) is 1. The Morgan fingerprint density at radius 2 is 1.85 bits per heavy atom. The Morgan fingerprint density at radius 3 is 2.50 bits per heavy atom. The van der Waals surface area contributed by atoms with E-state index in [4.69, 9.17) is 16.1 Å². The number of sulfonamides is 1. The van der Waals surface area contributed by atoms with Gasteiger partial charge in [0.2, 0.25) is 10.0 Å². The molecule has 3 rings (SSSR count). The zero-order valence-corrected chi connectivity index (χ0v) is 20.3. The number of carbonyl (C=O) groups excluding carboxylic acids is 1. The second-order valence-corrected chi connectivity index (χ2v) is 11.9. The molecule has 2 aromatic carbocycles. The fourth-order valence-electron chi connectivity index (χ4n) is 3.41. The van der Waals surface area contributed by atoms with E-state index in [0.29, 0.717) is 0 Å². The number of hydrogen-bond donors (Lipinski definition) is 3. The highest BCUT2D eigenvalue weighted by Crippen LogP contribution is 2.40. The molecule has 0 aliphatic carbocycles. The van der Waals surface area contributed by atoms with Crippen LogP contribution in [-0.2, 0) is 19.1 Å². The summed E-state index contributed by atoms with van der Waals surface area (Å²) in [5.41, 5.74) is -0.0780. The minimum absolute atomic E-state index is 0.0991. The SMILES string of the molecule is CP(=O)(O)O[C@H]1CC[C@@H](O)CN(S(=O)(=O)c2cc(C(=O)Nc3ccc(F)c(Cl)c3)ccc2F)C1. The van der Waals surface area contributed by atoms with Crippen LogP contribution >= 0.6 is 19.2 Å². The Labute approximate surface area is 199 Å². The summed E-state index contributed by atoms with van der Waals surface area (Å²) >= 11 is 5.69. The summed E-state index contributed by atoms with van der Waals surface area (Å²) in [5, 5.41) is 12.3. The van der Waals surface area contributed by atoms with Crippen LogP contribution in [0.25, 0.3) is 0 Å². The molecular weight excluding hydrogens is 517 g/mol. The van der Waals surface area contributed by atoms with Gasteiger partial charge in [-0.2, -0.15) is 4.31 Å². The van der Waals surface area contributed by atoms with Crippen LogP contribution < -0.4 is 5.32 Å². The zero-order valence-electron chi connectivity index (χ0n) is 17.8. The quantitative estimate of drug-likeness (QED) is 0.481. The Morgan fingerprint density at radius 1 is 1.18 bits per heavy atom. The van der Waals surface area contributed by atoms with Gasteiger partial charge in [-0.15, -0.1) is 0 Å². The van der Waals surface area contributed by atoms with Crippen molar-refractivity contribution in [2.45, 2.75) is 29.9 Å². The van der Waals surface area contributed by atoms with E-state index in [-0.39, 0.29) is 29.1 Å². The number of rotatable bonds is 6. The maximum absolute atomic E-state index is 14.6. The van der Waals surface area contributed by atoms with Crippen molar-refractivity contribution in [3.8, 4) is 0 Å². The van der Waals surface area contributed by atoms with Gasteiger partial charge in [0.25, 0.3) is 5.91 Å². The monoisotopic (exact) mass is 538 g/mol. The lowest BCUT2D eigenvalue weighted by atomic mass is 10.1. The molecule has 2 aromatic rings. The molecule has 1 unspecified atom stereocenters. The van der Waals surface area contributed by atoms with Gasteiger partial charge in [0.05, 0.1) is 17.2 Å². The first-order chi connectivity index (χ1) is 15.8. The number of amides is 1. The van der Waals surface area contributed by atoms with Crippen molar-refractivity contribution in [3.05, 3.63) is 58.6 Å². The third-order valence-electron chi connectivity index (χ3n) is 4.98. The summed E-state index contributed by atoms with van der Waals surface area (Å²) in [5.74, 6) is -2.64. The van der Waals surface area contributed by atoms with Crippen molar-refractivity contribution >= 4 is 40.8 Å². The van der Waals surface area contributed by atoms with Crippen LogP contribution in [0.4, 0.5) is 14.5 Å². The molecule has 0 saturated carbocycles. The lowest BCUT2D eigenvalue weighted by molar-refractivity contribution is 0.102. The molecule has 3 N–H and O–H groups in total. The highest BCUT2D eigenvalue weighted by atomic mass is 35.5. The van der Waals surface area contributed by atoms with Gasteiger partial charge in [0.15, 0.2) is 0 Å². The molecule has 1 saturated heterocycles. The summed E-state index contributed by atoms with van der Waals surface area (Å²) in [6, 6.07) is 6.12. The largest absolute Gasteiger partial charge is 0.392 e. The number of hydrogen-bond acceptors (Lipinski definition) is 6. The van der Waals surface area contributed by atoms with Crippen LogP contribution in [0.5, 0.6) is 0 Å². The standard InChI is InChI=1S/C20H22ClF2N2O7PS/c1-33(28,29)32-15-5-4-14(26)10-25(11-15)34(30,31)19-8-12(2-6-18(19)23)20(27)24-13-3-7-17(22)16(21)9-13/h2-3,6-9,14-15,26H,4-5,10-11H2,1H3,(H,24,27)(H,28,29)/t14-,15+/m1/s1. The molecule has 34 heavy (non-hydrogen) atoms. The molecule has 9 nitrogen and oxygen atoms in total. The summed E-state index contributed by atoms with van der Waals surface area (Å²) < 4.78 is 71.8. The summed E-state index contributed by atoms with van der Waals surface area (Å²) in [6.07, 6.45) is -1.92. The molecule has 14 heteroatoms. The summed E-state index contributed by atoms with van der Waals surface area (Å²) in [4.78, 5) is 21.3. The minimum atomic E-state index is -4.58.